The van der Waals surface area contributed by atoms with Gasteiger partial charge >= 0.3 is 0 Å². The quantitative estimate of drug-likeness (QED) is 0.878. The number of methoxy groups -OCH3 is 1. The average molecular weight is 340 g/mol. The number of hydrogen-bond acceptors (Lipinski definition) is 4. The summed E-state index contributed by atoms with van der Waals surface area (Å²) in [7, 11) is 1.62. The van der Waals surface area contributed by atoms with E-state index in [9.17, 15) is 4.79 Å². The largest absolute Gasteiger partial charge is 0.496 e. The number of nitrogens with zero attached hydrogens (tertiary/aromatic N) is 1. The number of carbonyl (C=O) groups is 1. The van der Waals surface area contributed by atoms with Crippen LogP contribution in [0.5, 0.6) is 5.75 Å². The van der Waals surface area contributed by atoms with Gasteiger partial charge in [0.15, 0.2) is 0 Å². The molecule has 0 saturated carbocycles. The molecule has 3 rings (SSSR count). The van der Waals surface area contributed by atoms with Crippen LogP contribution in [0.3, 0.4) is 0 Å². The molecule has 0 spiro atoms. The van der Waals surface area contributed by atoms with E-state index in [2.05, 4.69) is 22.3 Å². The van der Waals surface area contributed by atoms with Crippen LogP contribution in [0.1, 0.15) is 11.1 Å². The van der Waals surface area contributed by atoms with Crippen molar-refractivity contribution < 1.29 is 14.3 Å². The molecule has 1 heterocycles. The molecule has 25 heavy (non-hydrogen) atoms. The molecule has 5 heteroatoms. The summed E-state index contributed by atoms with van der Waals surface area (Å²) in [6, 6.07) is 15.6. The van der Waals surface area contributed by atoms with E-state index < -0.39 is 0 Å². The number of para-hydroxylation sites is 1. The predicted octanol–water partition coefficient (Wildman–Crippen LogP) is 2.71. The van der Waals surface area contributed by atoms with Gasteiger partial charge in [-0.1, -0.05) is 30.3 Å². The zero-order valence-corrected chi connectivity index (χ0v) is 14.5. The maximum atomic E-state index is 12.3. The highest BCUT2D eigenvalue weighted by atomic mass is 16.5. The maximum absolute atomic E-state index is 12.3. The molecule has 2 aromatic rings. The standard InChI is InChI=1S/C20H24N2O3/c1-24-19-5-3-2-4-17(19)14-20(23)21-18-8-6-16(7-9-18)15-22-10-12-25-13-11-22/h2-9H,10-15H2,1H3,(H,21,23). The Morgan fingerprint density at radius 2 is 1.84 bits per heavy atom. The Labute approximate surface area is 148 Å². The Hall–Kier alpha value is -2.37. The summed E-state index contributed by atoms with van der Waals surface area (Å²) < 4.78 is 10.7. The molecule has 1 saturated heterocycles. The highest BCUT2D eigenvalue weighted by Gasteiger charge is 2.11. The van der Waals surface area contributed by atoms with E-state index in [4.69, 9.17) is 9.47 Å². The van der Waals surface area contributed by atoms with Crippen molar-refractivity contribution in [1.29, 1.82) is 0 Å². The molecule has 2 aromatic carbocycles. The zero-order valence-electron chi connectivity index (χ0n) is 14.5. The summed E-state index contributed by atoms with van der Waals surface area (Å²) in [6.07, 6.45) is 0.291. The maximum Gasteiger partial charge on any atom is 0.228 e. The smallest absolute Gasteiger partial charge is 0.228 e. The fraction of sp³-hybridized carbons (Fsp3) is 0.350. The highest BCUT2D eigenvalue weighted by Crippen LogP contribution is 2.19. The molecule has 0 atom stereocenters. The minimum atomic E-state index is -0.0505. The third-order valence-corrected chi connectivity index (χ3v) is 4.29. The number of carbonyl (C=O) groups excluding carboxylic acids is 1. The van der Waals surface area contributed by atoms with E-state index in [1.54, 1.807) is 7.11 Å². The van der Waals surface area contributed by atoms with Crippen molar-refractivity contribution in [2.75, 3.05) is 38.7 Å². The molecule has 0 unspecified atom stereocenters. The lowest BCUT2D eigenvalue weighted by Gasteiger charge is -2.26. The molecule has 132 valence electrons. The van der Waals surface area contributed by atoms with Crippen LogP contribution in [0, 0.1) is 0 Å². The van der Waals surface area contributed by atoms with Gasteiger partial charge in [-0.25, -0.2) is 0 Å². The summed E-state index contributed by atoms with van der Waals surface area (Å²) in [6.45, 7) is 4.46. The van der Waals surface area contributed by atoms with E-state index >= 15 is 0 Å². The van der Waals surface area contributed by atoms with Crippen LogP contribution in [-0.2, 0) is 22.5 Å². The van der Waals surface area contributed by atoms with Crippen LogP contribution in [0.15, 0.2) is 48.5 Å². The van der Waals surface area contributed by atoms with Crippen molar-refractivity contribution >= 4 is 11.6 Å². The molecule has 0 bridgehead atoms. The second-order valence-corrected chi connectivity index (χ2v) is 6.12. The van der Waals surface area contributed by atoms with Gasteiger partial charge in [0.2, 0.25) is 5.91 Å². The lowest BCUT2D eigenvalue weighted by atomic mass is 10.1. The number of rotatable bonds is 6. The molecule has 1 aliphatic heterocycles. The van der Waals surface area contributed by atoms with Gasteiger partial charge in [0.1, 0.15) is 5.75 Å². The Morgan fingerprint density at radius 1 is 1.12 bits per heavy atom. The van der Waals surface area contributed by atoms with Crippen molar-refractivity contribution in [3.05, 3.63) is 59.7 Å². The van der Waals surface area contributed by atoms with Gasteiger partial charge < -0.3 is 14.8 Å². The molecule has 1 N–H and O–H groups in total. The van der Waals surface area contributed by atoms with Gasteiger partial charge in [0.25, 0.3) is 0 Å². The molecular formula is C20H24N2O3. The lowest BCUT2D eigenvalue weighted by molar-refractivity contribution is -0.115. The fourth-order valence-corrected chi connectivity index (χ4v) is 2.94. The van der Waals surface area contributed by atoms with Crippen molar-refractivity contribution in [2.24, 2.45) is 0 Å². The number of hydrogen-bond donors (Lipinski definition) is 1. The van der Waals surface area contributed by atoms with Crippen LogP contribution in [0.25, 0.3) is 0 Å². The molecule has 1 amide bonds. The Balaban J connectivity index is 1.54. The normalized spacial score (nSPS) is 14.9. The topological polar surface area (TPSA) is 50.8 Å². The second-order valence-electron chi connectivity index (χ2n) is 6.12. The molecule has 5 nitrogen and oxygen atoms in total. The van der Waals surface area contributed by atoms with E-state index in [0.29, 0.717) is 6.42 Å². The Kier molecular flexibility index (Phi) is 6.04. The predicted molar refractivity (Wildman–Crippen MR) is 97.9 cm³/mol. The van der Waals surface area contributed by atoms with Crippen LogP contribution < -0.4 is 10.1 Å². The molecule has 1 fully saturated rings. The first-order valence-corrected chi connectivity index (χ1v) is 8.55. The van der Waals surface area contributed by atoms with Crippen LogP contribution >= 0.6 is 0 Å². The van der Waals surface area contributed by atoms with Gasteiger partial charge in [-0.3, -0.25) is 9.69 Å². The zero-order chi connectivity index (χ0) is 17.5. The summed E-state index contributed by atoms with van der Waals surface area (Å²) in [4.78, 5) is 14.6. The number of anilines is 1. The third kappa shape index (κ3) is 5.05. The number of morpholine rings is 1. The number of benzene rings is 2. The molecular weight excluding hydrogens is 316 g/mol. The van der Waals surface area contributed by atoms with E-state index in [1.165, 1.54) is 5.56 Å². The van der Waals surface area contributed by atoms with Crippen LogP contribution in [0.2, 0.25) is 0 Å². The first kappa shape index (κ1) is 17.5. The number of nitrogens with one attached hydrogen (secondary N) is 1. The average Bonchev–Trinajstić information content (AvgIpc) is 2.64. The monoisotopic (exact) mass is 340 g/mol. The molecule has 0 aromatic heterocycles. The highest BCUT2D eigenvalue weighted by molar-refractivity contribution is 5.92. The van der Waals surface area contributed by atoms with Crippen molar-refractivity contribution in [1.82, 2.24) is 4.90 Å². The molecule has 0 radical (unpaired) electrons. The summed E-state index contributed by atoms with van der Waals surface area (Å²) in [5.41, 5.74) is 2.93. The summed E-state index contributed by atoms with van der Waals surface area (Å²) >= 11 is 0. The lowest BCUT2D eigenvalue weighted by Crippen LogP contribution is -2.35. The van der Waals surface area contributed by atoms with Crippen molar-refractivity contribution in [2.45, 2.75) is 13.0 Å². The van der Waals surface area contributed by atoms with Gasteiger partial charge in [-0.05, 0) is 23.8 Å². The first-order chi connectivity index (χ1) is 12.2. The first-order valence-electron chi connectivity index (χ1n) is 8.55. The van der Waals surface area contributed by atoms with Crippen LogP contribution in [0.4, 0.5) is 5.69 Å². The van der Waals surface area contributed by atoms with Gasteiger partial charge in [0.05, 0.1) is 26.7 Å². The molecule has 0 aliphatic carbocycles. The summed E-state index contributed by atoms with van der Waals surface area (Å²) in [5.74, 6) is 0.684. The third-order valence-electron chi connectivity index (χ3n) is 4.29. The number of ether oxygens (including phenoxy) is 2. The second kappa shape index (κ2) is 8.65. The van der Waals surface area contributed by atoms with Crippen molar-refractivity contribution in [3.8, 4) is 5.75 Å². The number of amides is 1. The van der Waals surface area contributed by atoms with Crippen LogP contribution in [-0.4, -0.2) is 44.2 Å². The Bertz CT molecular complexity index is 694. The van der Waals surface area contributed by atoms with Crippen molar-refractivity contribution in [3.63, 3.8) is 0 Å². The van der Waals surface area contributed by atoms with Gasteiger partial charge in [-0.15, -0.1) is 0 Å². The van der Waals surface area contributed by atoms with E-state index in [-0.39, 0.29) is 5.91 Å². The Morgan fingerprint density at radius 3 is 2.56 bits per heavy atom. The minimum absolute atomic E-state index is 0.0505. The van der Waals surface area contributed by atoms with Gasteiger partial charge in [0, 0.05) is 30.9 Å². The SMILES string of the molecule is COc1ccccc1CC(=O)Nc1ccc(CN2CCOCC2)cc1. The molecule has 1 aliphatic rings. The van der Waals surface area contributed by atoms with Gasteiger partial charge in [-0.2, -0.15) is 0 Å². The van der Waals surface area contributed by atoms with E-state index in [1.807, 2.05) is 36.4 Å². The summed E-state index contributed by atoms with van der Waals surface area (Å²) in [5, 5.41) is 2.94. The fourth-order valence-electron chi connectivity index (χ4n) is 2.94. The minimum Gasteiger partial charge on any atom is -0.496 e. The van der Waals surface area contributed by atoms with E-state index in [0.717, 1.165) is 49.8 Å².